The highest BCUT2D eigenvalue weighted by molar-refractivity contribution is 5.82. The maximum atomic E-state index is 4.42. The van der Waals surface area contributed by atoms with E-state index < -0.39 is 0 Å². The van der Waals surface area contributed by atoms with Crippen molar-refractivity contribution >= 4 is 22.7 Å². The van der Waals surface area contributed by atoms with Gasteiger partial charge in [0.05, 0.1) is 6.33 Å². The lowest BCUT2D eigenvalue weighted by Crippen LogP contribution is -2.26. The molecule has 3 heterocycles. The quantitative estimate of drug-likeness (QED) is 0.768. The normalized spacial score (nSPS) is 18.3. The van der Waals surface area contributed by atoms with Crippen molar-refractivity contribution in [3.8, 4) is 0 Å². The zero-order chi connectivity index (χ0) is 14.1. The Morgan fingerprint density at radius 2 is 2.05 bits per heavy atom. The standard InChI is InChI=1S/C15H16N6/c1-2-4-11(5-3-1)20-12-6-7-21(8-12)15-13-14(17-9-16-13)18-10-19-15/h1-5,9-10,12,20H,6-8H2,(H,16,17,18,19). The zero-order valence-corrected chi connectivity index (χ0v) is 11.5. The van der Waals surface area contributed by atoms with Gasteiger partial charge in [0, 0.05) is 24.8 Å². The molecule has 3 aromatic rings. The summed E-state index contributed by atoms with van der Waals surface area (Å²) in [6, 6.07) is 10.8. The first-order chi connectivity index (χ1) is 10.4. The minimum atomic E-state index is 0.431. The highest BCUT2D eigenvalue weighted by Crippen LogP contribution is 2.25. The Bertz CT molecular complexity index is 738. The fourth-order valence-corrected chi connectivity index (χ4v) is 2.83. The van der Waals surface area contributed by atoms with Crippen LogP contribution in [0.3, 0.4) is 0 Å². The van der Waals surface area contributed by atoms with Gasteiger partial charge in [-0.15, -0.1) is 0 Å². The summed E-state index contributed by atoms with van der Waals surface area (Å²) >= 11 is 0. The second-order valence-corrected chi connectivity index (χ2v) is 5.24. The van der Waals surface area contributed by atoms with Crippen LogP contribution in [-0.2, 0) is 0 Å². The number of imidazole rings is 1. The summed E-state index contributed by atoms with van der Waals surface area (Å²) in [7, 11) is 0. The molecule has 0 spiro atoms. The molecule has 1 aliphatic rings. The van der Waals surface area contributed by atoms with Crippen molar-refractivity contribution in [1.29, 1.82) is 0 Å². The molecule has 21 heavy (non-hydrogen) atoms. The summed E-state index contributed by atoms with van der Waals surface area (Å²) in [6.45, 7) is 1.91. The SMILES string of the molecule is c1ccc(NC2CCN(c3ncnc4nc[nH]c34)C2)cc1. The van der Waals surface area contributed by atoms with Gasteiger partial charge in [-0.2, -0.15) is 0 Å². The van der Waals surface area contributed by atoms with Gasteiger partial charge < -0.3 is 15.2 Å². The Labute approximate surface area is 122 Å². The van der Waals surface area contributed by atoms with Crippen LogP contribution in [0.1, 0.15) is 6.42 Å². The fourth-order valence-electron chi connectivity index (χ4n) is 2.83. The lowest BCUT2D eigenvalue weighted by molar-refractivity contribution is 0.806. The molecule has 1 fully saturated rings. The molecular formula is C15H16N6. The number of para-hydroxylation sites is 1. The molecule has 4 rings (SSSR count). The van der Waals surface area contributed by atoms with Crippen molar-refractivity contribution in [2.45, 2.75) is 12.5 Å². The molecule has 106 valence electrons. The maximum absolute atomic E-state index is 4.42. The third-order valence-electron chi connectivity index (χ3n) is 3.84. The molecule has 1 unspecified atom stereocenters. The fraction of sp³-hybridized carbons (Fsp3) is 0.267. The number of anilines is 2. The number of nitrogens with one attached hydrogen (secondary N) is 2. The number of hydrogen-bond donors (Lipinski definition) is 2. The molecule has 0 bridgehead atoms. The Balaban J connectivity index is 1.52. The molecule has 0 radical (unpaired) electrons. The predicted molar refractivity (Wildman–Crippen MR) is 82.4 cm³/mol. The van der Waals surface area contributed by atoms with Crippen LogP contribution in [0.15, 0.2) is 43.0 Å². The van der Waals surface area contributed by atoms with Crippen LogP contribution < -0.4 is 10.2 Å². The molecule has 0 aliphatic carbocycles. The van der Waals surface area contributed by atoms with Crippen molar-refractivity contribution in [3.63, 3.8) is 0 Å². The Morgan fingerprint density at radius 3 is 2.95 bits per heavy atom. The number of rotatable bonds is 3. The van der Waals surface area contributed by atoms with Gasteiger partial charge in [0.15, 0.2) is 11.5 Å². The maximum Gasteiger partial charge on any atom is 0.182 e. The number of benzene rings is 1. The molecule has 0 amide bonds. The summed E-state index contributed by atoms with van der Waals surface area (Å²) in [5, 5.41) is 3.57. The number of H-pyrrole nitrogens is 1. The molecule has 2 N–H and O–H groups in total. The molecule has 1 aromatic carbocycles. The lowest BCUT2D eigenvalue weighted by atomic mass is 10.2. The van der Waals surface area contributed by atoms with Crippen LogP contribution in [-0.4, -0.2) is 39.1 Å². The van der Waals surface area contributed by atoms with E-state index in [9.17, 15) is 0 Å². The number of hydrogen-bond acceptors (Lipinski definition) is 5. The number of aromatic nitrogens is 4. The van der Waals surface area contributed by atoms with Crippen LogP contribution in [0.4, 0.5) is 11.5 Å². The minimum Gasteiger partial charge on any atom is -0.380 e. The summed E-state index contributed by atoms with van der Waals surface area (Å²) in [6.07, 6.45) is 4.34. The van der Waals surface area contributed by atoms with E-state index in [0.29, 0.717) is 6.04 Å². The highest BCUT2D eigenvalue weighted by Gasteiger charge is 2.25. The molecule has 1 saturated heterocycles. The molecule has 1 atom stereocenters. The summed E-state index contributed by atoms with van der Waals surface area (Å²) < 4.78 is 0. The first kappa shape index (κ1) is 12.1. The van der Waals surface area contributed by atoms with Crippen LogP contribution in [0.25, 0.3) is 11.2 Å². The number of fused-ring (bicyclic) bond motifs is 1. The Kier molecular flexibility index (Phi) is 2.92. The topological polar surface area (TPSA) is 69.7 Å². The lowest BCUT2D eigenvalue weighted by Gasteiger charge is -2.18. The van der Waals surface area contributed by atoms with E-state index in [4.69, 9.17) is 0 Å². The molecule has 6 nitrogen and oxygen atoms in total. The highest BCUT2D eigenvalue weighted by atomic mass is 15.2. The van der Waals surface area contributed by atoms with Gasteiger partial charge in [-0.25, -0.2) is 15.0 Å². The minimum absolute atomic E-state index is 0.431. The van der Waals surface area contributed by atoms with Crippen molar-refractivity contribution in [1.82, 2.24) is 19.9 Å². The molecule has 6 heteroatoms. The van der Waals surface area contributed by atoms with Crippen LogP contribution in [0, 0.1) is 0 Å². The third kappa shape index (κ3) is 2.29. The van der Waals surface area contributed by atoms with Crippen molar-refractivity contribution in [3.05, 3.63) is 43.0 Å². The zero-order valence-electron chi connectivity index (χ0n) is 11.5. The van der Waals surface area contributed by atoms with Gasteiger partial charge in [0.1, 0.15) is 11.8 Å². The van der Waals surface area contributed by atoms with Crippen LogP contribution >= 0.6 is 0 Å². The van der Waals surface area contributed by atoms with Gasteiger partial charge in [-0.1, -0.05) is 18.2 Å². The first-order valence-corrected chi connectivity index (χ1v) is 7.11. The van der Waals surface area contributed by atoms with Crippen molar-refractivity contribution in [2.75, 3.05) is 23.3 Å². The largest absolute Gasteiger partial charge is 0.380 e. The van der Waals surface area contributed by atoms with Gasteiger partial charge in [0.2, 0.25) is 0 Å². The summed E-state index contributed by atoms with van der Waals surface area (Å²) in [5.41, 5.74) is 2.80. The van der Waals surface area contributed by atoms with Gasteiger partial charge in [-0.05, 0) is 18.6 Å². The molecule has 2 aromatic heterocycles. The Morgan fingerprint density at radius 1 is 1.14 bits per heavy atom. The molecule has 0 saturated carbocycles. The van der Waals surface area contributed by atoms with Gasteiger partial charge in [0.25, 0.3) is 0 Å². The first-order valence-electron chi connectivity index (χ1n) is 7.11. The van der Waals surface area contributed by atoms with E-state index in [1.165, 1.54) is 5.69 Å². The summed E-state index contributed by atoms with van der Waals surface area (Å²) in [4.78, 5) is 18.2. The number of aromatic amines is 1. The smallest absolute Gasteiger partial charge is 0.182 e. The molecule has 1 aliphatic heterocycles. The second-order valence-electron chi connectivity index (χ2n) is 5.24. The van der Waals surface area contributed by atoms with Crippen molar-refractivity contribution in [2.24, 2.45) is 0 Å². The van der Waals surface area contributed by atoms with Gasteiger partial charge >= 0.3 is 0 Å². The average Bonchev–Trinajstić information content (AvgIpc) is 3.16. The van der Waals surface area contributed by atoms with Crippen LogP contribution in [0.2, 0.25) is 0 Å². The summed E-state index contributed by atoms with van der Waals surface area (Å²) in [5.74, 6) is 0.940. The van der Waals surface area contributed by atoms with E-state index in [-0.39, 0.29) is 0 Å². The second kappa shape index (κ2) is 5.05. The monoisotopic (exact) mass is 280 g/mol. The Hall–Kier alpha value is -2.63. The van der Waals surface area contributed by atoms with E-state index in [1.54, 1.807) is 12.7 Å². The molecular weight excluding hydrogens is 264 g/mol. The van der Waals surface area contributed by atoms with Crippen molar-refractivity contribution < 1.29 is 0 Å². The van der Waals surface area contributed by atoms with E-state index in [0.717, 1.165) is 36.5 Å². The van der Waals surface area contributed by atoms with E-state index >= 15 is 0 Å². The average molecular weight is 280 g/mol. The van der Waals surface area contributed by atoms with E-state index in [2.05, 4.69) is 42.3 Å². The van der Waals surface area contributed by atoms with E-state index in [1.807, 2.05) is 18.2 Å². The predicted octanol–water partition coefficient (Wildman–Crippen LogP) is 2.04. The van der Waals surface area contributed by atoms with Gasteiger partial charge in [-0.3, -0.25) is 0 Å². The number of nitrogens with zero attached hydrogens (tertiary/aromatic N) is 4. The third-order valence-corrected chi connectivity index (χ3v) is 3.84. The van der Waals surface area contributed by atoms with Crippen LogP contribution in [0.5, 0.6) is 0 Å².